The van der Waals surface area contributed by atoms with E-state index in [0.717, 1.165) is 29.1 Å². The van der Waals surface area contributed by atoms with Crippen molar-refractivity contribution in [1.29, 1.82) is 0 Å². The third-order valence-corrected chi connectivity index (χ3v) is 36.6. The Labute approximate surface area is 598 Å². The Bertz CT molecular complexity index is 3450. The molecule has 4 aromatic rings. The molecule has 4 fully saturated rings. The van der Waals surface area contributed by atoms with Gasteiger partial charge in [0.05, 0.1) is 0 Å². The van der Waals surface area contributed by atoms with Gasteiger partial charge in [0.15, 0.2) is 0 Å². The predicted molar refractivity (Wildman–Crippen MR) is 431 cm³/mol. The zero-order valence-corrected chi connectivity index (χ0v) is 68.2. The Morgan fingerprint density at radius 1 is 0.412 bits per heavy atom. The second-order valence-electron chi connectivity index (χ2n) is 38.5. The monoisotopic (exact) mass is 1340 g/mol. The molecule has 8 aliphatic carbocycles. The molecule has 0 bridgehead atoms. The van der Waals surface area contributed by atoms with Crippen molar-refractivity contribution in [2.24, 2.45) is 29.6 Å². The normalized spacial score (nSPS) is 24.9. The minimum absolute atomic E-state index is 0.134. The molecule has 530 valence electrons. The van der Waals surface area contributed by atoms with Crippen molar-refractivity contribution in [3.05, 3.63) is 154 Å². The first-order chi connectivity index (χ1) is 45.8. The molecular formula is C93H140N2Si2. The van der Waals surface area contributed by atoms with Gasteiger partial charge in [0.2, 0.25) is 0 Å². The first-order valence-corrected chi connectivity index (χ1v) is 46.9. The van der Waals surface area contributed by atoms with E-state index in [2.05, 4.69) is 262 Å². The molecule has 0 saturated heterocycles. The summed E-state index contributed by atoms with van der Waals surface area (Å²) in [7, 11) is -3.59. The third kappa shape index (κ3) is 14.5. The summed E-state index contributed by atoms with van der Waals surface area (Å²) < 4.78 is 6.33. The summed E-state index contributed by atoms with van der Waals surface area (Å²) in [5.74, 6) is 3.50. The van der Waals surface area contributed by atoms with Gasteiger partial charge >= 0.3 is 0 Å². The summed E-state index contributed by atoms with van der Waals surface area (Å²) in [6.07, 6.45) is 45.2. The van der Waals surface area contributed by atoms with Crippen LogP contribution in [0.25, 0.3) is 33.4 Å². The first-order valence-electron chi connectivity index (χ1n) is 40.8. The summed E-state index contributed by atoms with van der Waals surface area (Å²) in [6.45, 7) is 52.4. The lowest BCUT2D eigenvalue weighted by molar-refractivity contribution is 0.138. The van der Waals surface area contributed by atoms with E-state index in [4.69, 9.17) is 0 Å². The van der Waals surface area contributed by atoms with Gasteiger partial charge in [0.25, 0.3) is 0 Å². The van der Waals surface area contributed by atoms with Crippen LogP contribution in [0, 0.1) is 29.6 Å². The summed E-state index contributed by atoms with van der Waals surface area (Å²) >= 11 is 0. The zero-order valence-electron chi connectivity index (χ0n) is 66.2. The van der Waals surface area contributed by atoms with Gasteiger partial charge < -0.3 is 9.13 Å². The van der Waals surface area contributed by atoms with E-state index in [0.29, 0.717) is 23.7 Å². The Balaban J connectivity index is 0.000000197. The fourth-order valence-corrected chi connectivity index (χ4v) is 34.6. The third-order valence-electron chi connectivity index (χ3n) is 27.0. The van der Waals surface area contributed by atoms with Crippen LogP contribution in [-0.4, -0.2) is 48.8 Å². The summed E-state index contributed by atoms with van der Waals surface area (Å²) in [4.78, 5) is 0. The Morgan fingerprint density at radius 2 is 0.784 bits per heavy atom. The average molecular weight is 1340 g/mol. The maximum atomic E-state index is 3.17. The second kappa shape index (κ2) is 29.1. The van der Waals surface area contributed by atoms with E-state index in [1.54, 1.807) is 44.5 Å². The first kappa shape index (κ1) is 74.4. The van der Waals surface area contributed by atoms with Crippen LogP contribution in [0.5, 0.6) is 0 Å². The van der Waals surface area contributed by atoms with Gasteiger partial charge in [0, 0.05) is 34.0 Å². The molecule has 4 heteroatoms. The molecule has 4 aromatic carbocycles. The molecule has 2 nitrogen and oxygen atoms in total. The smallest absolute Gasteiger partial charge is 0.127 e. The maximum Gasteiger partial charge on any atom is 0.127 e. The number of unbranched alkanes of at least 4 members (excludes halogenated alkanes) is 4. The van der Waals surface area contributed by atoms with Crippen molar-refractivity contribution in [1.82, 2.24) is 9.13 Å². The number of benzene rings is 4. The van der Waals surface area contributed by atoms with Crippen LogP contribution in [-0.2, 0) is 21.7 Å². The fraction of sp³-hybridized carbons (Fsp3) is 0.656. The minimum Gasteiger partial charge on any atom is -0.316 e. The highest BCUT2D eigenvalue weighted by atomic mass is 28.3. The van der Waals surface area contributed by atoms with Crippen LogP contribution in [0.3, 0.4) is 0 Å². The summed E-state index contributed by atoms with van der Waals surface area (Å²) in [6, 6.07) is 35.7. The molecule has 7 atom stereocenters. The Kier molecular flexibility index (Phi) is 22.3. The fourth-order valence-electron chi connectivity index (χ4n) is 23.1. The molecule has 4 saturated carbocycles. The molecule has 0 N–H and O–H groups in total. The van der Waals surface area contributed by atoms with Crippen LogP contribution in [0.2, 0.25) is 37.3 Å². The maximum absolute atomic E-state index is 3.17. The Hall–Kier alpha value is -3.81. The lowest BCUT2D eigenvalue weighted by Crippen LogP contribution is -2.65. The summed E-state index contributed by atoms with van der Waals surface area (Å²) in [5, 5.41) is 0. The molecule has 0 spiro atoms. The van der Waals surface area contributed by atoms with E-state index < -0.39 is 16.5 Å². The standard InChI is InChI=1S/C47H71NSi.C46H69NSi/c1-12-14-27-47(28-15-13-2)42-31-35(34-21-24-37(25-22-34)45(4,5)6)23-26-39(42)41-30-36-29-33(3)44(40(36)32-43(41)47)49(10,11)48(46(7,8)9)38-19-17-16-18-20-38;1-11-13-28-46(29-14-12-2)41-31-34(33-20-24-36(25-21-33)44(3,4)5)22-26-38(41)40-30-35-23-27-43(39(35)32-42(40)46)48(9,10)47(45(6,7)8)37-18-16-15-17-19-37/h21-26,30-33,36,38,40,44H,12-20,27-29H2,1-11H3;20-22,24-26,30-32,35,37,39,43H,11-19,23,27-29H2,1-10H3. The summed E-state index contributed by atoms with van der Waals surface area (Å²) in [5.41, 5.74) is 24.1. The topological polar surface area (TPSA) is 6.48 Å². The van der Waals surface area contributed by atoms with Gasteiger partial charge in [-0.25, -0.2) is 0 Å². The average Bonchev–Trinajstić information content (AvgIpc) is 1.56. The van der Waals surface area contributed by atoms with Gasteiger partial charge in [0.1, 0.15) is 16.5 Å². The van der Waals surface area contributed by atoms with Crippen molar-refractivity contribution in [2.75, 3.05) is 0 Å². The van der Waals surface area contributed by atoms with Gasteiger partial charge in [-0.3, -0.25) is 0 Å². The van der Waals surface area contributed by atoms with Crippen molar-refractivity contribution < 1.29 is 0 Å². The lowest BCUT2D eigenvalue weighted by Gasteiger charge is -2.56. The Morgan fingerprint density at radius 3 is 1.16 bits per heavy atom. The number of fused-ring (bicyclic) bond motifs is 8. The molecule has 0 radical (unpaired) electrons. The van der Waals surface area contributed by atoms with Crippen LogP contribution in [0.4, 0.5) is 0 Å². The highest BCUT2D eigenvalue weighted by molar-refractivity contribution is 6.77. The van der Waals surface area contributed by atoms with Crippen molar-refractivity contribution in [2.45, 2.75) is 360 Å². The quantitative estimate of drug-likeness (QED) is 0.0814. The van der Waals surface area contributed by atoms with Crippen LogP contribution in [0.15, 0.2) is 120 Å². The largest absolute Gasteiger partial charge is 0.316 e. The van der Waals surface area contributed by atoms with Crippen LogP contribution >= 0.6 is 0 Å². The molecule has 97 heavy (non-hydrogen) atoms. The van der Waals surface area contributed by atoms with E-state index in [-0.39, 0.29) is 32.7 Å². The molecule has 0 aromatic heterocycles. The number of rotatable bonds is 20. The van der Waals surface area contributed by atoms with E-state index in [1.807, 2.05) is 0 Å². The van der Waals surface area contributed by atoms with Crippen molar-refractivity contribution in [3.8, 4) is 22.3 Å². The van der Waals surface area contributed by atoms with Gasteiger partial charge in [-0.1, -0.05) is 296 Å². The van der Waals surface area contributed by atoms with Crippen LogP contribution < -0.4 is 0 Å². The highest BCUT2D eigenvalue weighted by Crippen LogP contribution is 2.65. The number of nitrogens with zero attached hydrogens (tertiary/aromatic N) is 2. The molecule has 0 amide bonds. The molecule has 0 heterocycles. The van der Waals surface area contributed by atoms with E-state index >= 15 is 0 Å². The molecule has 0 aliphatic heterocycles. The van der Waals surface area contributed by atoms with Gasteiger partial charge in [-0.15, -0.1) is 0 Å². The van der Waals surface area contributed by atoms with E-state index in [9.17, 15) is 0 Å². The molecular weight excluding hydrogens is 1200 g/mol. The molecule has 7 unspecified atom stereocenters. The minimum atomic E-state index is -1.83. The number of allylic oxidation sites excluding steroid dienone is 8. The van der Waals surface area contributed by atoms with Gasteiger partial charge in [-0.05, 0) is 247 Å². The number of hydrogen-bond donors (Lipinski definition) is 0. The van der Waals surface area contributed by atoms with Crippen LogP contribution in [0.1, 0.15) is 312 Å². The SMILES string of the molecule is CCCCC1(CCCC)C2=CC3C(C=C2c2ccc(-c4ccc(C(C)(C)C)cc4)cc21)CC(C)C3[Si](C)(C)N(C1CCCCC1)C(C)(C)C.CCCCC1(CCCC)C2=CC3C(C=C2c2ccc(-c4ccc(C(C)(C)C)cc4)cc21)CCC3[Si](C)(C)N(C1CCCCC1)C(C)(C)C. The number of hydrogen-bond acceptors (Lipinski definition) is 2. The lowest BCUT2D eigenvalue weighted by atomic mass is 9.68. The van der Waals surface area contributed by atoms with Crippen molar-refractivity contribution in [3.63, 3.8) is 0 Å². The molecule has 8 aliphatic rings. The second-order valence-corrected chi connectivity index (χ2v) is 47.4. The molecule has 12 rings (SSSR count). The van der Waals surface area contributed by atoms with Gasteiger partial charge in [-0.2, -0.15) is 0 Å². The van der Waals surface area contributed by atoms with Crippen molar-refractivity contribution >= 4 is 27.6 Å². The zero-order chi connectivity index (χ0) is 69.8. The highest BCUT2D eigenvalue weighted by Gasteiger charge is 2.58. The predicted octanol–water partition coefficient (Wildman–Crippen LogP) is 27.5. The van der Waals surface area contributed by atoms with E-state index in [1.165, 1.54) is 194 Å².